The van der Waals surface area contributed by atoms with Crippen LogP contribution in [0.25, 0.3) is 0 Å². The first-order valence-electron chi connectivity index (χ1n) is 3.95. The highest BCUT2D eigenvalue weighted by Crippen LogP contribution is 2.23. The van der Waals surface area contributed by atoms with Crippen molar-refractivity contribution in [2.24, 2.45) is 11.8 Å². The van der Waals surface area contributed by atoms with Crippen LogP contribution in [0.5, 0.6) is 0 Å². The first-order chi connectivity index (χ1) is 4.87. The molecule has 3 heteroatoms. The zero-order valence-electron chi connectivity index (χ0n) is 7.69. The SMILES string of the molecule is CC(C)C(C#N)C[Si](C)(C)F. The quantitative estimate of drug-likeness (QED) is 0.475. The molecule has 0 N–H and O–H groups in total. The van der Waals surface area contributed by atoms with Crippen LogP contribution in [-0.2, 0) is 0 Å². The highest BCUT2D eigenvalue weighted by Gasteiger charge is 2.27. The minimum absolute atomic E-state index is 0.0957. The lowest BCUT2D eigenvalue weighted by atomic mass is 10.00. The summed E-state index contributed by atoms with van der Waals surface area (Å²) < 4.78 is 13.2. The number of hydrogen-bond donors (Lipinski definition) is 0. The number of nitrogens with zero attached hydrogens (tertiary/aromatic N) is 1. The van der Waals surface area contributed by atoms with Crippen LogP contribution in [0.2, 0.25) is 19.1 Å². The van der Waals surface area contributed by atoms with Gasteiger partial charge < -0.3 is 4.11 Å². The lowest BCUT2D eigenvalue weighted by molar-refractivity contribution is 0.499. The molecule has 0 aliphatic heterocycles. The molecule has 0 saturated heterocycles. The molecule has 0 amide bonds. The second kappa shape index (κ2) is 3.87. The maximum Gasteiger partial charge on any atom is 0.242 e. The molecular formula is C8H16FNSi. The number of rotatable bonds is 3. The molecule has 0 aliphatic carbocycles. The molecule has 0 fully saturated rings. The van der Waals surface area contributed by atoms with Crippen LogP contribution < -0.4 is 0 Å². The van der Waals surface area contributed by atoms with Gasteiger partial charge in [-0.05, 0) is 25.1 Å². The van der Waals surface area contributed by atoms with Crippen LogP contribution in [0, 0.1) is 23.2 Å². The van der Waals surface area contributed by atoms with Gasteiger partial charge in [-0.15, -0.1) is 0 Å². The highest BCUT2D eigenvalue weighted by molar-refractivity contribution is 6.70. The Kier molecular flexibility index (Phi) is 3.74. The van der Waals surface area contributed by atoms with Crippen molar-refractivity contribution in [3.05, 3.63) is 0 Å². The van der Waals surface area contributed by atoms with E-state index < -0.39 is 8.41 Å². The van der Waals surface area contributed by atoms with E-state index in [1.165, 1.54) is 0 Å². The summed E-state index contributed by atoms with van der Waals surface area (Å²) in [6.45, 7) is 7.24. The molecule has 0 aromatic rings. The Morgan fingerprint density at radius 2 is 1.91 bits per heavy atom. The van der Waals surface area contributed by atoms with E-state index in [4.69, 9.17) is 5.26 Å². The summed E-state index contributed by atoms with van der Waals surface area (Å²) in [7, 11) is -2.53. The fraction of sp³-hybridized carbons (Fsp3) is 0.875. The van der Waals surface area contributed by atoms with Crippen LogP contribution in [0.1, 0.15) is 13.8 Å². The topological polar surface area (TPSA) is 23.8 Å². The minimum atomic E-state index is -2.53. The third-order valence-electron chi connectivity index (χ3n) is 1.68. The van der Waals surface area contributed by atoms with Crippen molar-refractivity contribution in [1.29, 1.82) is 5.26 Å². The maximum atomic E-state index is 13.2. The second-order valence-electron chi connectivity index (χ2n) is 3.90. The van der Waals surface area contributed by atoms with E-state index in [1.54, 1.807) is 13.1 Å². The van der Waals surface area contributed by atoms with Crippen molar-refractivity contribution in [3.8, 4) is 6.07 Å². The summed E-state index contributed by atoms with van der Waals surface area (Å²) in [6, 6.07) is 2.63. The fourth-order valence-corrected chi connectivity index (χ4v) is 2.56. The predicted molar refractivity (Wildman–Crippen MR) is 47.3 cm³/mol. The summed E-state index contributed by atoms with van der Waals surface area (Å²) in [5.41, 5.74) is 0. The normalized spacial score (nSPS) is 14.6. The van der Waals surface area contributed by atoms with Crippen molar-refractivity contribution in [1.82, 2.24) is 0 Å². The summed E-state index contributed by atoms with van der Waals surface area (Å²) in [4.78, 5) is 0. The van der Waals surface area contributed by atoms with Crippen LogP contribution in [0.15, 0.2) is 0 Å². The van der Waals surface area contributed by atoms with Gasteiger partial charge in [-0.3, -0.25) is 0 Å². The Bertz CT molecular complexity index is 154. The zero-order valence-corrected chi connectivity index (χ0v) is 8.69. The van der Waals surface area contributed by atoms with Gasteiger partial charge in [0, 0.05) is 5.92 Å². The molecule has 0 rings (SSSR count). The molecule has 11 heavy (non-hydrogen) atoms. The third-order valence-corrected chi connectivity index (χ3v) is 3.09. The van der Waals surface area contributed by atoms with E-state index in [2.05, 4.69) is 6.07 Å². The molecule has 1 unspecified atom stereocenters. The average Bonchev–Trinajstić information content (AvgIpc) is 1.80. The molecule has 1 atom stereocenters. The highest BCUT2D eigenvalue weighted by atomic mass is 28.4. The van der Waals surface area contributed by atoms with Gasteiger partial charge >= 0.3 is 0 Å². The zero-order chi connectivity index (χ0) is 9.07. The third kappa shape index (κ3) is 4.97. The number of nitriles is 1. The molecule has 0 aliphatic rings. The van der Waals surface area contributed by atoms with Crippen LogP contribution in [-0.4, -0.2) is 8.41 Å². The predicted octanol–water partition coefficient (Wildman–Crippen LogP) is 2.96. The van der Waals surface area contributed by atoms with E-state index in [0.717, 1.165) is 0 Å². The van der Waals surface area contributed by atoms with Crippen LogP contribution >= 0.6 is 0 Å². The van der Waals surface area contributed by atoms with Gasteiger partial charge in [0.05, 0.1) is 6.07 Å². The second-order valence-corrected chi connectivity index (χ2v) is 7.75. The fourth-order valence-electron chi connectivity index (χ4n) is 0.953. The van der Waals surface area contributed by atoms with Crippen molar-refractivity contribution < 1.29 is 4.11 Å². The van der Waals surface area contributed by atoms with E-state index >= 15 is 0 Å². The summed E-state index contributed by atoms with van der Waals surface area (Å²) >= 11 is 0. The van der Waals surface area contributed by atoms with Gasteiger partial charge in [0.1, 0.15) is 0 Å². The Balaban J connectivity index is 4.02. The average molecular weight is 173 g/mol. The van der Waals surface area contributed by atoms with Gasteiger partial charge in [0.25, 0.3) is 0 Å². The van der Waals surface area contributed by atoms with E-state index in [1.807, 2.05) is 13.8 Å². The van der Waals surface area contributed by atoms with Gasteiger partial charge in [0.15, 0.2) is 0 Å². The Morgan fingerprint density at radius 1 is 1.45 bits per heavy atom. The summed E-state index contributed by atoms with van der Waals surface area (Å²) in [5.74, 6) is 0.184. The molecule has 0 bridgehead atoms. The lowest BCUT2D eigenvalue weighted by Crippen LogP contribution is -2.24. The van der Waals surface area contributed by atoms with Crippen molar-refractivity contribution >= 4 is 8.41 Å². The molecule has 0 saturated carbocycles. The van der Waals surface area contributed by atoms with E-state index in [9.17, 15) is 4.11 Å². The molecule has 0 aromatic heterocycles. The Labute approximate surface area is 69.4 Å². The first kappa shape index (κ1) is 10.6. The van der Waals surface area contributed by atoms with Crippen molar-refractivity contribution in [3.63, 3.8) is 0 Å². The van der Waals surface area contributed by atoms with E-state index in [0.29, 0.717) is 6.04 Å². The molecule has 64 valence electrons. The monoisotopic (exact) mass is 173 g/mol. The van der Waals surface area contributed by atoms with Gasteiger partial charge in [-0.1, -0.05) is 13.8 Å². The smallest absolute Gasteiger partial charge is 0.242 e. The lowest BCUT2D eigenvalue weighted by Gasteiger charge is -2.17. The largest absolute Gasteiger partial charge is 0.314 e. The maximum absolute atomic E-state index is 13.2. The molecule has 1 nitrogen and oxygen atoms in total. The Hall–Kier alpha value is -0.363. The van der Waals surface area contributed by atoms with Gasteiger partial charge in [-0.25, -0.2) is 0 Å². The summed E-state index contributed by atoms with van der Waals surface area (Å²) in [6.07, 6.45) is 0. The molecular weight excluding hydrogens is 157 g/mol. The molecule has 0 spiro atoms. The van der Waals surface area contributed by atoms with Gasteiger partial charge in [0.2, 0.25) is 8.41 Å². The Morgan fingerprint density at radius 3 is 2.00 bits per heavy atom. The number of hydrogen-bond acceptors (Lipinski definition) is 1. The summed E-state index contributed by atoms with van der Waals surface area (Å²) in [5, 5.41) is 8.67. The standard InChI is InChI=1S/C8H16FNSi/c1-7(2)8(5-10)6-11(3,4)9/h7-8H,6H2,1-4H3. The van der Waals surface area contributed by atoms with Crippen LogP contribution in [0.3, 0.4) is 0 Å². The molecule has 0 radical (unpaired) electrons. The van der Waals surface area contributed by atoms with E-state index in [-0.39, 0.29) is 11.8 Å². The first-order valence-corrected chi connectivity index (χ1v) is 7.04. The van der Waals surface area contributed by atoms with Crippen molar-refractivity contribution in [2.75, 3.05) is 0 Å². The van der Waals surface area contributed by atoms with Gasteiger partial charge in [-0.2, -0.15) is 5.26 Å². The van der Waals surface area contributed by atoms with Crippen molar-refractivity contribution in [2.45, 2.75) is 33.0 Å². The molecule has 0 aromatic carbocycles. The van der Waals surface area contributed by atoms with Crippen LogP contribution in [0.4, 0.5) is 4.11 Å². The minimum Gasteiger partial charge on any atom is -0.314 e. The number of halogens is 1. The molecule has 0 heterocycles.